The average Bonchev–Trinajstić information content (AvgIpc) is 2.99. The summed E-state index contributed by atoms with van der Waals surface area (Å²) in [5, 5.41) is 14.5. The molecule has 2 heterocycles. The molecule has 0 radical (unpaired) electrons. The molecule has 2 N–H and O–H groups in total. The Labute approximate surface area is 133 Å². The smallest absolute Gasteiger partial charge is 0.273 e. The van der Waals surface area contributed by atoms with E-state index in [1.807, 2.05) is 0 Å². The topological polar surface area (TPSA) is 71.8 Å². The second-order valence-electron chi connectivity index (χ2n) is 6.33. The van der Waals surface area contributed by atoms with E-state index in [0.29, 0.717) is 12.2 Å². The minimum Gasteiger partial charge on any atom is -0.346 e. The zero-order valence-electron chi connectivity index (χ0n) is 12.6. The van der Waals surface area contributed by atoms with Crippen molar-refractivity contribution < 1.29 is 9.18 Å². The van der Waals surface area contributed by atoms with Crippen LogP contribution in [0.2, 0.25) is 0 Å². The normalized spacial score (nSPS) is 21.5. The van der Waals surface area contributed by atoms with Gasteiger partial charge in [-0.05, 0) is 43.5 Å². The van der Waals surface area contributed by atoms with Gasteiger partial charge in [-0.25, -0.2) is 9.07 Å². The fourth-order valence-corrected chi connectivity index (χ4v) is 3.22. The van der Waals surface area contributed by atoms with Gasteiger partial charge in [-0.2, -0.15) is 0 Å². The van der Waals surface area contributed by atoms with E-state index in [1.54, 1.807) is 23.0 Å². The lowest BCUT2D eigenvalue weighted by atomic mass is 10.1. The van der Waals surface area contributed by atoms with Gasteiger partial charge in [0.15, 0.2) is 5.69 Å². The number of amides is 1. The number of carbonyl (C=O) groups excluding carboxylic acids is 1. The van der Waals surface area contributed by atoms with Gasteiger partial charge in [0.05, 0.1) is 12.7 Å². The van der Waals surface area contributed by atoms with E-state index in [-0.39, 0.29) is 23.3 Å². The maximum absolute atomic E-state index is 12.9. The van der Waals surface area contributed by atoms with Crippen molar-refractivity contribution in [1.29, 1.82) is 0 Å². The summed E-state index contributed by atoms with van der Waals surface area (Å²) in [7, 11) is 0. The van der Waals surface area contributed by atoms with Crippen LogP contribution in [0.3, 0.4) is 0 Å². The third kappa shape index (κ3) is 2.84. The Morgan fingerprint density at radius 3 is 2.91 bits per heavy atom. The van der Waals surface area contributed by atoms with Crippen LogP contribution in [0.1, 0.15) is 35.3 Å². The number of halogens is 1. The first-order valence-corrected chi connectivity index (χ1v) is 7.85. The van der Waals surface area contributed by atoms with Gasteiger partial charge in [-0.1, -0.05) is 17.3 Å². The van der Waals surface area contributed by atoms with Crippen molar-refractivity contribution in [1.82, 2.24) is 25.6 Å². The van der Waals surface area contributed by atoms with E-state index in [4.69, 9.17) is 0 Å². The summed E-state index contributed by atoms with van der Waals surface area (Å²) in [6, 6.07) is 6.37. The van der Waals surface area contributed by atoms with E-state index in [0.717, 1.165) is 31.4 Å². The van der Waals surface area contributed by atoms with Crippen LogP contribution < -0.4 is 10.6 Å². The molecule has 0 bridgehead atoms. The summed E-state index contributed by atoms with van der Waals surface area (Å²) in [4.78, 5) is 12.3. The van der Waals surface area contributed by atoms with E-state index in [9.17, 15) is 9.18 Å². The first-order chi connectivity index (χ1) is 11.1. The highest BCUT2D eigenvalue weighted by Gasteiger charge is 2.52. The van der Waals surface area contributed by atoms with Crippen molar-refractivity contribution in [3.8, 4) is 0 Å². The van der Waals surface area contributed by atoms with Gasteiger partial charge >= 0.3 is 0 Å². The molecule has 6 nitrogen and oxygen atoms in total. The Hall–Kier alpha value is -2.28. The monoisotopic (exact) mass is 315 g/mol. The number of hydrogen-bond donors (Lipinski definition) is 2. The van der Waals surface area contributed by atoms with Crippen molar-refractivity contribution in [3.05, 3.63) is 47.5 Å². The summed E-state index contributed by atoms with van der Waals surface area (Å²) < 4.78 is 14.5. The van der Waals surface area contributed by atoms with Crippen molar-refractivity contribution >= 4 is 5.91 Å². The van der Waals surface area contributed by atoms with Crippen molar-refractivity contribution in [2.24, 2.45) is 0 Å². The molecule has 1 saturated carbocycles. The lowest BCUT2D eigenvalue weighted by molar-refractivity contribution is 0.0926. The Kier molecular flexibility index (Phi) is 3.37. The van der Waals surface area contributed by atoms with Crippen LogP contribution in [0.4, 0.5) is 4.39 Å². The molecule has 4 rings (SSSR count). The van der Waals surface area contributed by atoms with Gasteiger partial charge in [0, 0.05) is 11.6 Å². The Bertz CT molecular complexity index is 722. The summed E-state index contributed by atoms with van der Waals surface area (Å²) >= 11 is 0. The van der Waals surface area contributed by atoms with E-state index >= 15 is 0 Å². The number of nitrogens with one attached hydrogen (secondary N) is 2. The Balaban J connectivity index is 1.41. The molecule has 1 saturated heterocycles. The Morgan fingerprint density at radius 1 is 1.39 bits per heavy atom. The van der Waals surface area contributed by atoms with Crippen molar-refractivity contribution in [3.63, 3.8) is 0 Å². The lowest BCUT2D eigenvalue weighted by Gasteiger charge is -2.18. The molecular weight excluding hydrogens is 297 g/mol. The zero-order chi connectivity index (χ0) is 15.9. The van der Waals surface area contributed by atoms with Gasteiger partial charge < -0.3 is 10.6 Å². The number of carbonyl (C=O) groups is 1. The quantitative estimate of drug-likeness (QED) is 0.886. The van der Waals surface area contributed by atoms with Crippen LogP contribution in [-0.2, 0) is 6.54 Å². The zero-order valence-corrected chi connectivity index (χ0v) is 12.6. The molecule has 120 valence electrons. The third-order valence-electron chi connectivity index (χ3n) is 4.70. The number of hydrogen-bond acceptors (Lipinski definition) is 4. The van der Waals surface area contributed by atoms with Crippen LogP contribution in [0.5, 0.6) is 0 Å². The molecule has 2 fully saturated rings. The van der Waals surface area contributed by atoms with E-state index < -0.39 is 0 Å². The third-order valence-corrected chi connectivity index (χ3v) is 4.70. The van der Waals surface area contributed by atoms with Gasteiger partial charge in [0.1, 0.15) is 5.82 Å². The summed E-state index contributed by atoms with van der Waals surface area (Å²) in [6.45, 7) is 1.40. The number of benzene rings is 1. The predicted octanol–water partition coefficient (Wildman–Crippen LogP) is 1.09. The van der Waals surface area contributed by atoms with Crippen LogP contribution in [0.25, 0.3) is 0 Å². The number of rotatable bonds is 4. The molecule has 23 heavy (non-hydrogen) atoms. The number of aromatic nitrogens is 3. The van der Waals surface area contributed by atoms with E-state index in [2.05, 4.69) is 20.9 Å². The molecule has 1 amide bonds. The second kappa shape index (κ2) is 5.42. The molecule has 1 unspecified atom stereocenters. The highest BCUT2D eigenvalue weighted by atomic mass is 19.1. The van der Waals surface area contributed by atoms with Crippen LogP contribution in [0.15, 0.2) is 30.5 Å². The van der Waals surface area contributed by atoms with Gasteiger partial charge in [-0.3, -0.25) is 4.79 Å². The molecule has 1 aromatic carbocycles. The van der Waals surface area contributed by atoms with Gasteiger partial charge in [0.2, 0.25) is 0 Å². The predicted molar refractivity (Wildman–Crippen MR) is 81.4 cm³/mol. The molecule has 2 aliphatic rings. The standard InChI is InChI=1S/C16H18FN5O/c17-12-3-1-11(2-4-12)9-22-10-13(20-21-22)15(23)19-14-5-8-18-16(14)6-7-16/h1-4,10,14,18H,5-9H2,(H,19,23). The molecule has 7 heteroatoms. The molecule has 2 aromatic rings. The second-order valence-corrected chi connectivity index (χ2v) is 6.33. The summed E-state index contributed by atoms with van der Waals surface area (Å²) in [6.07, 6.45) is 4.82. The highest BCUT2D eigenvalue weighted by Crippen LogP contribution is 2.42. The minimum atomic E-state index is -0.272. The molecule has 1 atom stereocenters. The van der Waals surface area contributed by atoms with Crippen LogP contribution >= 0.6 is 0 Å². The Morgan fingerprint density at radius 2 is 2.17 bits per heavy atom. The minimum absolute atomic E-state index is 0.125. The molecule has 1 aliphatic heterocycles. The molecule has 1 spiro atoms. The summed E-state index contributed by atoms with van der Waals surface area (Å²) in [5.41, 5.74) is 1.34. The number of nitrogens with zero attached hydrogens (tertiary/aromatic N) is 3. The fraction of sp³-hybridized carbons (Fsp3) is 0.438. The summed E-state index contributed by atoms with van der Waals surface area (Å²) in [5.74, 6) is -0.457. The molecule has 1 aliphatic carbocycles. The fourth-order valence-electron chi connectivity index (χ4n) is 3.22. The SMILES string of the molecule is O=C(NC1CCNC12CC2)c1cn(Cc2ccc(F)cc2)nn1. The van der Waals surface area contributed by atoms with Gasteiger partial charge in [-0.15, -0.1) is 5.10 Å². The average molecular weight is 315 g/mol. The molecular formula is C16H18FN5O. The molecule has 1 aromatic heterocycles. The van der Waals surface area contributed by atoms with Crippen molar-refractivity contribution in [2.45, 2.75) is 37.4 Å². The van der Waals surface area contributed by atoms with Crippen LogP contribution in [0, 0.1) is 5.82 Å². The maximum Gasteiger partial charge on any atom is 0.273 e. The van der Waals surface area contributed by atoms with E-state index in [1.165, 1.54) is 12.1 Å². The van der Waals surface area contributed by atoms with Crippen molar-refractivity contribution in [2.75, 3.05) is 6.54 Å². The highest BCUT2D eigenvalue weighted by molar-refractivity contribution is 5.92. The largest absolute Gasteiger partial charge is 0.346 e. The van der Waals surface area contributed by atoms with Crippen LogP contribution in [-0.4, -0.2) is 39.0 Å². The first kappa shape index (κ1) is 14.3. The first-order valence-electron chi connectivity index (χ1n) is 7.85. The maximum atomic E-state index is 12.9. The van der Waals surface area contributed by atoms with Gasteiger partial charge in [0.25, 0.3) is 5.91 Å². The lowest BCUT2D eigenvalue weighted by Crippen LogP contribution is -2.45.